The van der Waals surface area contributed by atoms with Crippen LogP contribution in [0.3, 0.4) is 0 Å². The lowest BCUT2D eigenvalue weighted by atomic mass is 10.2. The van der Waals surface area contributed by atoms with E-state index in [9.17, 15) is 4.79 Å². The molecule has 1 N–H and O–H groups in total. The first kappa shape index (κ1) is 7.08. The van der Waals surface area contributed by atoms with Gasteiger partial charge in [0.15, 0.2) is 0 Å². The standard InChI is InChI=1S/C6H9O2/c1-3-5(4-2)6(7)8/h3-4H,1-2H3,(H,7,8)/q-1/b5-3+. The minimum atomic E-state index is -0.866. The summed E-state index contributed by atoms with van der Waals surface area (Å²) in [7, 11) is 0. The summed E-state index contributed by atoms with van der Waals surface area (Å²) in [6.07, 6.45) is 3.12. The highest BCUT2D eigenvalue weighted by atomic mass is 16.4. The molecule has 0 aromatic carbocycles. The molecule has 0 aliphatic rings. The zero-order valence-corrected chi connectivity index (χ0v) is 5.01. The van der Waals surface area contributed by atoms with Crippen molar-refractivity contribution >= 4 is 5.97 Å². The van der Waals surface area contributed by atoms with Crippen LogP contribution in [0.15, 0.2) is 11.6 Å². The number of hydrogen-bond acceptors (Lipinski definition) is 1. The van der Waals surface area contributed by atoms with Crippen LogP contribution in [0, 0.1) is 6.42 Å². The molecule has 8 heavy (non-hydrogen) atoms. The Morgan fingerprint density at radius 3 is 2.25 bits per heavy atom. The van der Waals surface area contributed by atoms with Crippen LogP contribution in [0.1, 0.15) is 13.8 Å². The maximum Gasteiger partial charge on any atom is 0.217 e. The summed E-state index contributed by atoms with van der Waals surface area (Å²) in [5.41, 5.74) is 0.352. The second-order valence-corrected chi connectivity index (χ2v) is 1.34. The van der Waals surface area contributed by atoms with E-state index in [-0.39, 0.29) is 0 Å². The third-order valence-electron chi connectivity index (χ3n) is 0.869. The zero-order valence-electron chi connectivity index (χ0n) is 5.01. The second-order valence-electron chi connectivity index (χ2n) is 1.34. The van der Waals surface area contributed by atoms with Gasteiger partial charge in [0.2, 0.25) is 5.97 Å². The summed E-state index contributed by atoms with van der Waals surface area (Å²) >= 11 is 0. The van der Waals surface area contributed by atoms with Gasteiger partial charge in [0.25, 0.3) is 0 Å². The third-order valence-corrected chi connectivity index (χ3v) is 0.869. The number of hydrogen-bond donors (Lipinski definition) is 1. The van der Waals surface area contributed by atoms with Crippen LogP contribution in [-0.4, -0.2) is 11.1 Å². The Morgan fingerprint density at radius 1 is 1.75 bits per heavy atom. The van der Waals surface area contributed by atoms with Gasteiger partial charge in [0.1, 0.15) is 0 Å². The fourth-order valence-corrected chi connectivity index (χ4v) is 0.414. The molecule has 0 aromatic heterocycles. The van der Waals surface area contributed by atoms with E-state index >= 15 is 0 Å². The fourth-order valence-electron chi connectivity index (χ4n) is 0.414. The topological polar surface area (TPSA) is 37.3 Å². The predicted octanol–water partition coefficient (Wildman–Crippen LogP) is 1.24. The third kappa shape index (κ3) is 1.69. The van der Waals surface area contributed by atoms with Crippen molar-refractivity contribution in [3.8, 4) is 0 Å². The van der Waals surface area contributed by atoms with Gasteiger partial charge >= 0.3 is 0 Å². The lowest BCUT2D eigenvalue weighted by Crippen LogP contribution is -1.98. The highest BCUT2D eigenvalue weighted by molar-refractivity contribution is 5.88. The minimum absolute atomic E-state index is 0.352. The molecule has 0 aromatic rings. The second kappa shape index (κ2) is 3.13. The monoisotopic (exact) mass is 113 g/mol. The van der Waals surface area contributed by atoms with Crippen LogP contribution in [-0.2, 0) is 4.79 Å². The van der Waals surface area contributed by atoms with E-state index in [0.29, 0.717) is 5.57 Å². The summed E-state index contributed by atoms with van der Waals surface area (Å²) in [4.78, 5) is 10.1. The number of carboxylic acid groups (broad SMARTS) is 1. The molecule has 0 saturated heterocycles. The molecular weight excluding hydrogens is 104 g/mol. The van der Waals surface area contributed by atoms with E-state index in [0.717, 1.165) is 0 Å². The highest BCUT2D eigenvalue weighted by Crippen LogP contribution is 1.96. The zero-order chi connectivity index (χ0) is 6.57. The summed E-state index contributed by atoms with van der Waals surface area (Å²) in [5, 5.41) is 8.27. The van der Waals surface area contributed by atoms with Crippen molar-refractivity contribution in [2.45, 2.75) is 13.8 Å². The van der Waals surface area contributed by atoms with E-state index in [1.165, 1.54) is 0 Å². The average Bonchev–Trinajstić information content (AvgIpc) is 1.69. The quantitative estimate of drug-likeness (QED) is 0.432. The van der Waals surface area contributed by atoms with Crippen molar-refractivity contribution in [2.24, 2.45) is 0 Å². The summed E-state index contributed by atoms with van der Waals surface area (Å²) in [5.74, 6) is -0.866. The Labute approximate surface area is 48.8 Å². The Morgan fingerprint density at radius 2 is 2.25 bits per heavy atom. The molecule has 0 amide bonds. The van der Waals surface area contributed by atoms with Gasteiger partial charge in [0.05, 0.1) is 0 Å². The molecule has 0 spiro atoms. The van der Waals surface area contributed by atoms with E-state index in [1.54, 1.807) is 26.3 Å². The fraction of sp³-hybridized carbons (Fsp3) is 0.333. The maximum atomic E-state index is 10.1. The summed E-state index contributed by atoms with van der Waals surface area (Å²) in [6, 6.07) is 0. The molecule has 0 aliphatic carbocycles. The molecule has 2 nitrogen and oxygen atoms in total. The lowest BCUT2D eigenvalue weighted by molar-refractivity contribution is -0.132. The molecule has 0 aliphatic heterocycles. The first-order chi connectivity index (χ1) is 3.72. The smallest absolute Gasteiger partial charge is 0.217 e. The Kier molecular flexibility index (Phi) is 2.77. The predicted molar refractivity (Wildman–Crippen MR) is 31.4 cm³/mol. The number of rotatable bonds is 2. The van der Waals surface area contributed by atoms with E-state index < -0.39 is 5.97 Å². The SMILES string of the molecule is C/C=C(\[CH-]C)C(=O)O. The number of aliphatic carboxylic acids is 1. The van der Waals surface area contributed by atoms with Crippen molar-refractivity contribution in [3.63, 3.8) is 0 Å². The van der Waals surface area contributed by atoms with E-state index in [4.69, 9.17) is 5.11 Å². The van der Waals surface area contributed by atoms with E-state index in [2.05, 4.69) is 0 Å². The summed E-state index contributed by atoms with van der Waals surface area (Å²) in [6.45, 7) is 3.40. The number of carbonyl (C=O) groups is 1. The molecule has 2 heteroatoms. The first-order valence-electron chi connectivity index (χ1n) is 2.41. The van der Waals surface area contributed by atoms with E-state index in [1.807, 2.05) is 0 Å². The minimum Gasteiger partial charge on any atom is -0.535 e. The number of allylic oxidation sites excluding steroid dienone is 1. The Bertz CT molecular complexity index is 114. The van der Waals surface area contributed by atoms with Gasteiger partial charge in [-0.3, -0.25) is 0 Å². The van der Waals surface area contributed by atoms with Gasteiger partial charge in [-0.05, 0) is 0 Å². The van der Waals surface area contributed by atoms with Crippen LogP contribution in [0.2, 0.25) is 0 Å². The molecule has 0 atom stereocenters. The lowest BCUT2D eigenvalue weighted by Gasteiger charge is -2.02. The van der Waals surface area contributed by atoms with Gasteiger partial charge in [-0.1, -0.05) is 13.8 Å². The maximum absolute atomic E-state index is 10.1. The molecule has 0 bridgehead atoms. The van der Waals surface area contributed by atoms with Gasteiger partial charge < -0.3 is 9.90 Å². The van der Waals surface area contributed by atoms with Crippen LogP contribution in [0.25, 0.3) is 0 Å². The molecule has 46 valence electrons. The van der Waals surface area contributed by atoms with Crippen molar-refractivity contribution < 1.29 is 9.90 Å². The van der Waals surface area contributed by atoms with Crippen molar-refractivity contribution in [3.05, 3.63) is 18.1 Å². The molecule has 0 heterocycles. The molecule has 0 unspecified atom stereocenters. The largest absolute Gasteiger partial charge is 0.535 e. The van der Waals surface area contributed by atoms with Crippen molar-refractivity contribution in [2.75, 3.05) is 0 Å². The van der Waals surface area contributed by atoms with Crippen LogP contribution >= 0.6 is 0 Å². The van der Waals surface area contributed by atoms with Crippen molar-refractivity contribution in [1.29, 1.82) is 0 Å². The van der Waals surface area contributed by atoms with Crippen LogP contribution in [0.4, 0.5) is 0 Å². The average molecular weight is 113 g/mol. The van der Waals surface area contributed by atoms with Crippen molar-refractivity contribution in [1.82, 2.24) is 0 Å². The molecule has 0 rings (SSSR count). The molecule has 0 saturated carbocycles. The summed E-state index contributed by atoms with van der Waals surface area (Å²) < 4.78 is 0. The molecule has 0 fully saturated rings. The van der Waals surface area contributed by atoms with Gasteiger partial charge in [0, 0.05) is 0 Å². The first-order valence-corrected chi connectivity index (χ1v) is 2.41. The van der Waals surface area contributed by atoms with Gasteiger partial charge in [-0.25, -0.2) is 0 Å². The van der Waals surface area contributed by atoms with Crippen LogP contribution < -0.4 is 0 Å². The molecular formula is C6H9O2-. The highest BCUT2D eigenvalue weighted by Gasteiger charge is 1.87. The Balaban J connectivity index is 3.92. The van der Waals surface area contributed by atoms with Crippen LogP contribution in [0.5, 0.6) is 0 Å². The molecule has 0 radical (unpaired) electrons. The normalized spacial score (nSPS) is 11.0. The van der Waals surface area contributed by atoms with Gasteiger partial charge in [-0.2, -0.15) is 12.5 Å². The number of carboxylic acids is 1. The Hall–Kier alpha value is -0.920. The van der Waals surface area contributed by atoms with Gasteiger partial charge in [-0.15, -0.1) is 5.57 Å².